The van der Waals surface area contributed by atoms with Crippen LogP contribution in [0.5, 0.6) is 0 Å². The average Bonchev–Trinajstić information content (AvgIpc) is 3.05. The zero-order valence-electron chi connectivity index (χ0n) is 14.0. The van der Waals surface area contributed by atoms with Crippen molar-refractivity contribution in [2.45, 2.75) is 5.92 Å². The molecule has 6 nitrogen and oxygen atoms in total. The average molecular weight is 371 g/mol. The third kappa shape index (κ3) is 3.97. The minimum Gasteiger partial charge on any atom is -0.361 e. The van der Waals surface area contributed by atoms with Crippen LogP contribution in [0, 0.1) is 0 Å². The number of para-hydroxylation sites is 1. The summed E-state index contributed by atoms with van der Waals surface area (Å²) in [4.78, 5) is 26.0. The van der Waals surface area contributed by atoms with Crippen molar-refractivity contribution in [2.75, 3.05) is 13.1 Å². The number of H-pyrrole nitrogens is 1. The molecule has 5 N–H and O–H groups in total. The molecule has 1 aromatic heterocycles. The van der Waals surface area contributed by atoms with E-state index in [4.69, 9.17) is 17.3 Å². The highest BCUT2D eigenvalue weighted by molar-refractivity contribution is 6.31. The Kier molecular flexibility index (Phi) is 5.43. The van der Waals surface area contributed by atoms with Gasteiger partial charge in [0.25, 0.3) is 0 Å². The number of hydrogen-bond acceptors (Lipinski definition) is 2. The van der Waals surface area contributed by atoms with Crippen molar-refractivity contribution in [1.82, 2.24) is 15.6 Å². The molecule has 0 aliphatic rings. The first-order valence-electron chi connectivity index (χ1n) is 8.16. The van der Waals surface area contributed by atoms with E-state index in [0.29, 0.717) is 11.6 Å². The molecule has 0 aliphatic heterocycles. The molecule has 0 saturated carbocycles. The number of halogens is 1. The standard InChI is InChI=1S/C19H19ClN4O2/c20-16-7-3-1-5-12(16)14(10-23-18(25)11-24-19(21)26)15-9-22-17-8-4-2-6-13(15)17/h1-9,14,22H,10-11H2,(H,23,25)(H3,21,24,26)/t14-/m1/s1. The van der Waals surface area contributed by atoms with E-state index in [-0.39, 0.29) is 18.4 Å². The van der Waals surface area contributed by atoms with Crippen LogP contribution in [-0.4, -0.2) is 30.0 Å². The number of fused-ring (bicyclic) bond motifs is 1. The number of hydrogen-bond donors (Lipinski definition) is 4. The van der Waals surface area contributed by atoms with Crippen molar-refractivity contribution in [2.24, 2.45) is 5.73 Å². The van der Waals surface area contributed by atoms with Crippen LogP contribution in [0.2, 0.25) is 5.02 Å². The van der Waals surface area contributed by atoms with E-state index in [9.17, 15) is 9.59 Å². The molecule has 3 aromatic rings. The summed E-state index contributed by atoms with van der Waals surface area (Å²) in [6.45, 7) is 0.170. The number of nitrogens with two attached hydrogens (primary N) is 1. The van der Waals surface area contributed by atoms with Crippen molar-refractivity contribution in [1.29, 1.82) is 0 Å². The third-order valence-electron chi connectivity index (χ3n) is 4.20. The van der Waals surface area contributed by atoms with E-state index in [1.807, 2.05) is 54.7 Å². The third-order valence-corrected chi connectivity index (χ3v) is 4.55. The lowest BCUT2D eigenvalue weighted by atomic mass is 9.90. The molecule has 0 aliphatic carbocycles. The van der Waals surface area contributed by atoms with Crippen LogP contribution >= 0.6 is 11.6 Å². The maximum absolute atomic E-state index is 12.0. The van der Waals surface area contributed by atoms with Gasteiger partial charge in [-0.15, -0.1) is 0 Å². The van der Waals surface area contributed by atoms with Crippen LogP contribution in [-0.2, 0) is 4.79 Å². The number of rotatable bonds is 6. The Morgan fingerprint density at radius 3 is 2.54 bits per heavy atom. The summed E-state index contributed by atoms with van der Waals surface area (Å²) >= 11 is 6.41. The van der Waals surface area contributed by atoms with Crippen molar-refractivity contribution >= 4 is 34.4 Å². The Balaban J connectivity index is 1.89. The number of urea groups is 1. The maximum Gasteiger partial charge on any atom is 0.312 e. The van der Waals surface area contributed by atoms with E-state index >= 15 is 0 Å². The number of nitrogens with one attached hydrogen (secondary N) is 3. The molecule has 0 spiro atoms. The van der Waals surface area contributed by atoms with Crippen LogP contribution in [0.15, 0.2) is 54.7 Å². The first kappa shape index (κ1) is 17.8. The molecule has 3 rings (SSSR count). The van der Waals surface area contributed by atoms with E-state index < -0.39 is 6.03 Å². The van der Waals surface area contributed by atoms with Gasteiger partial charge < -0.3 is 21.4 Å². The second-order valence-corrected chi connectivity index (χ2v) is 6.29. The Morgan fingerprint density at radius 2 is 1.77 bits per heavy atom. The molecule has 26 heavy (non-hydrogen) atoms. The summed E-state index contributed by atoms with van der Waals surface area (Å²) in [5.41, 5.74) is 7.97. The van der Waals surface area contributed by atoms with Crippen LogP contribution in [0.3, 0.4) is 0 Å². The molecule has 134 valence electrons. The number of carbonyl (C=O) groups excluding carboxylic acids is 2. The van der Waals surface area contributed by atoms with Crippen molar-refractivity contribution in [3.8, 4) is 0 Å². The number of carbonyl (C=O) groups is 2. The van der Waals surface area contributed by atoms with Crippen molar-refractivity contribution < 1.29 is 9.59 Å². The van der Waals surface area contributed by atoms with E-state index in [0.717, 1.165) is 22.0 Å². The second kappa shape index (κ2) is 7.93. The molecule has 0 saturated heterocycles. The molecule has 2 aromatic carbocycles. The topological polar surface area (TPSA) is 100 Å². The van der Waals surface area contributed by atoms with E-state index in [1.165, 1.54) is 0 Å². The van der Waals surface area contributed by atoms with E-state index in [1.54, 1.807) is 0 Å². The molecule has 3 amide bonds. The van der Waals surface area contributed by atoms with Gasteiger partial charge in [0.05, 0.1) is 6.54 Å². The van der Waals surface area contributed by atoms with E-state index in [2.05, 4.69) is 15.6 Å². The van der Waals surface area contributed by atoms with Crippen LogP contribution in [0.1, 0.15) is 17.0 Å². The molecule has 0 radical (unpaired) electrons. The molecule has 0 bridgehead atoms. The van der Waals surface area contributed by atoms with Gasteiger partial charge >= 0.3 is 6.03 Å². The predicted molar refractivity (Wildman–Crippen MR) is 102 cm³/mol. The first-order chi connectivity index (χ1) is 12.6. The highest BCUT2D eigenvalue weighted by Gasteiger charge is 2.21. The summed E-state index contributed by atoms with van der Waals surface area (Å²) in [5, 5.41) is 6.82. The number of aromatic nitrogens is 1. The van der Waals surface area contributed by atoms with Gasteiger partial charge in [0.1, 0.15) is 0 Å². The maximum atomic E-state index is 12.0. The molecule has 1 heterocycles. The number of amides is 3. The summed E-state index contributed by atoms with van der Waals surface area (Å²) in [7, 11) is 0. The molecule has 7 heteroatoms. The monoisotopic (exact) mass is 370 g/mol. The quantitative estimate of drug-likeness (QED) is 0.536. The number of benzene rings is 2. The lowest BCUT2D eigenvalue weighted by Gasteiger charge is -2.19. The minimum absolute atomic E-state index is 0.141. The summed E-state index contributed by atoms with van der Waals surface area (Å²) in [6.07, 6.45) is 1.94. The first-order valence-corrected chi connectivity index (χ1v) is 8.54. The highest BCUT2D eigenvalue weighted by atomic mass is 35.5. The van der Waals surface area contributed by atoms with Crippen LogP contribution in [0.4, 0.5) is 4.79 Å². The second-order valence-electron chi connectivity index (χ2n) is 5.89. The Hall–Kier alpha value is -2.99. The Labute approximate surface area is 155 Å². The molecule has 1 atom stereocenters. The van der Waals surface area contributed by atoms with Crippen molar-refractivity contribution in [3.05, 3.63) is 70.9 Å². The normalized spacial score (nSPS) is 11.9. The molecular weight excluding hydrogens is 352 g/mol. The lowest BCUT2D eigenvalue weighted by Crippen LogP contribution is -2.40. The Morgan fingerprint density at radius 1 is 1.04 bits per heavy atom. The summed E-state index contributed by atoms with van der Waals surface area (Å²) in [6, 6.07) is 14.8. The minimum atomic E-state index is -0.737. The van der Waals surface area contributed by atoms with Gasteiger partial charge in [-0.1, -0.05) is 48.0 Å². The van der Waals surface area contributed by atoms with Gasteiger partial charge in [-0.3, -0.25) is 4.79 Å². The van der Waals surface area contributed by atoms with Gasteiger partial charge in [0.2, 0.25) is 5.91 Å². The van der Waals surface area contributed by atoms with Gasteiger partial charge in [0.15, 0.2) is 0 Å². The largest absolute Gasteiger partial charge is 0.361 e. The van der Waals surface area contributed by atoms with Crippen LogP contribution < -0.4 is 16.4 Å². The van der Waals surface area contributed by atoms with Gasteiger partial charge in [0, 0.05) is 34.6 Å². The predicted octanol–water partition coefficient (Wildman–Crippen LogP) is 2.74. The lowest BCUT2D eigenvalue weighted by molar-refractivity contribution is -0.120. The number of aromatic amines is 1. The highest BCUT2D eigenvalue weighted by Crippen LogP contribution is 2.33. The zero-order valence-corrected chi connectivity index (χ0v) is 14.7. The summed E-state index contributed by atoms with van der Waals surface area (Å²) < 4.78 is 0. The summed E-state index contributed by atoms with van der Waals surface area (Å²) in [5.74, 6) is -0.460. The molecule has 0 fully saturated rings. The Bertz CT molecular complexity index is 938. The fraction of sp³-hybridized carbons (Fsp3) is 0.158. The van der Waals surface area contributed by atoms with Gasteiger partial charge in [-0.25, -0.2) is 4.79 Å². The fourth-order valence-electron chi connectivity index (χ4n) is 2.97. The van der Waals surface area contributed by atoms with Gasteiger partial charge in [-0.05, 0) is 23.3 Å². The molecule has 0 unspecified atom stereocenters. The number of primary amides is 1. The van der Waals surface area contributed by atoms with Crippen molar-refractivity contribution in [3.63, 3.8) is 0 Å². The smallest absolute Gasteiger partial charge is 0.312 e. The fourth-order valence-corrected chi connectivity index (χ4v) is 3.24. The van der Waals surface area contributed by atoms with Crippen LogP contribution in [0.25, 0.3) is 10.9 Å². The molecular formula is C19H19ClN4O2. The van der Waals surface area contributed by atoms with Gasteiger partial charge in [-0.2, -0.15) is 0 Å². The SMILES string of the molecule is NC(=O)NCC(=O)NC[C@H](c1ccccc1Cl)c1c[nH]c2ccccc12. The zero-order chi connectivity index (χ0) is 18.5.